The first-order chi connectivity index (χ1) is 10.1. The van der Waals surface area contributed by atoms with Gasteiger partial charge in [0.2, 0.25) is 5.88 Å². The zero-order valence-electron chi connectivity index (χ0n) is 12.8. The van der Waals surface area contributed by atoms with Crippen LogP contribution >= 0.6 is 0 Å². The third kappa shape index (κ3) is 3.13. The fourth-order valence-corrected chi connectivity index (χ4v) is 2.17. The van der Waals surface area contributed by atoms with E-state index in [2.05, 4.69) is 4.98 Å². The lowest BCUT2D eigenvalue weighted by Gasteiger charge is -2.24. The number of rotatable bonds is 5. The summed E-state index contributed by atoms with van der Waals surface area (Å²) in [6.45, 7) is 2.41. The average Bonchev–Trinajstić information content (AvgIpc) is 2.52. The molecule has 2 rings (SSSR count). The lowest BCUT2D eigenvalue weighted by Crippen LogP contribution is -2.38. The van der Waals surface area contributed by atoms with E-state index < -0.39 is 0 Å². The number of carbonyl (C=O) groups excluding carboxylic acids is 1. The number of nitrogens with zero attached hydrogens (tertiary/aromatic N) is 2. The molecular weight excluding hydrogens is 268 g/mol. The van der Waals surface area contributed by atoms with Crippen LogP contribution in [0.5, 0.6) is 5.88 Å². The molecule has 1 aromatic heterocycles. The molecular formula is C16H20N2O3. The molecule has 0 radical (unpaired) electrons. The number of likely N-dealkylation sites (N-methyl/N-ethyl adjacent to an activating group) is 1. The van der Waals surface area contributed by atoms with Crippen molar-refractivity contribution in [3.63, 3.8) is 0 Å². The second-order valence-electron chi connectivity index (χ2n) is 4.96. The van der Waals surface area contributed by atoms with Crippen LogP contribution < -0.4 is 4.74 Å². The fourth-order valence-electron chi connectivity index (χ4n) is 2.17. The molecule has 21 heavy (non-hydrogen) atoms. The SMILES string of the molecule is COCC(C)N(C)C(=O)c1cc2ccccc2c(OC)n1. The monoisotopic (exact) mass is 288 g/mol. The summed E-state index contributed by atoms with van der Waals surface area (Å²) in [5.41, 5.74) is 0.371. The summed E-state index contributed by atoms with van der Waals surface area (Å²) in [5.74, 6) is 0.313. The van der Waals surface area contributed by atoms with E-state index in [1.54, 1.807) is 32.2 Å². The van der Waals surface area contributed by atoms with Crippen molar-refractivity contribution in [2.75, 3.05) is 27.9 Å². The number of aromatic nitrogens is 1. The van der Waals surface area contributed by atoms with Crippen molar-refractivity contribution in [3.8, 4) is 5.88 Å². The maximum Gasteiger partial charge on any atom is 0.272 e. The largest absolute Gasteiger partial charge is 0.481 e. The third-order valence-corrected chi connectivity index (χ3v) is 3.51. The number of ether oxygens (including phenoxy) is 2. The molecule has 0 aliphatic carbocycles. The Bertz CT molecular complexity index is 642. The van der Waals surface area contributed by atoms with Gasteiger partial charge >= 0.3 is 0 Å². The van der Waals surface area contributed by atoms with E-state index in [4.69, 9.17) is 9.47 Å². The maximum absolute atomic E-state index is 12.5. The highest BCUT2D eigenvalue weighted by molar-refractivity contribution is 5.98. The maximum atomic E-state index is 12.5. The minimum Gasteiger partial charge on any atom is -0.481 e. The summed E-state index contributed by atoms with van der Waals surface area (Å²) in [4.78, 5) is 18.5. The molecule has 0 aliphatic rings. The van der Waals surface area contributed by atoms with Crippen LogP contribution in [0.1, 0.15) is 17.4 Å². The number of methoxy groups -OCH3 is 2. The van der Waals surface area contributed by atoms with Gasteiger partial charge in [-0.05, 0) is 24.4 Å². The van der Waals surface area contributed by atoms with E-state index in [0.717, 1.165) is 10.8 Å². The van der Waals surface area contributed by atoms with E-state index in [9.17, 15) is 4.79 Å². The van der Waals surface area contributed by atoms with Crippen molar-refractivity contribution in [1.29, 1.82) is 0 Å². The summed E-state index contributed by atoms with van der Waals surface area (Å²) in [6.07, 6.45) is 0. The Hall–Kier alpha value is -2.14. The highest BCUT2D eigenvalue weighted by Crippen LogP contribution is 2.24. The molecule has 0 aliphatic heterocycles. The predicted molar refractivity (Wildman–Crippen MR) is 81.7 cm³/mol. The lowest BCUT2D eigenvalue weighted by atomic mass is 10.1. The quantitative estimate of drug-likeness (QED) is 0.847. The number of hydrogen-bond donors (Lipinski definition) is 0. The second kappa shape index (κ2) is 6.54. The van der Waals surface area contributed by atoms with Gasteiger partial charge in [-0.3, -0.25) is 4.79 Å². The van der Waals surface area contributed by atoms with Crippen molar-refractivity contribution in [3.05, 3.63) is 36.0 Å². The van der Waals surface area contributed by atoms with Gasteiger partial charge in [0.1, 0.15) is 5.69 Å². The topological polar surface area (TPSA) is 51.7 Å². The Balaban J connectivity index is 2.40. The Morgan fingerprint density at radius 3 is 2.71 bits per heavy atom. The minimum absolute atomic E-state index is 0.0261. The molecule has 0 saturated heterocycles. The average molecular weight is 288 g/mol. The smallest absolute Gasteiger partial charge is 0.272 e. The number of fused-ring (bicyclic) bond motifs is 1. The van der Waals surface area contributed by atoms with Crippen LogP contribution in [-0.2, 0) is 4.74 Å². The first-order valence-corrected chi connectivity index (χ1v) is 6.78. The van der Waals surface area contributed by atoms with Crippen molar-refractivity contribution < 1.29 is 14.3 Å². The Morgan fingerprint density at radius 1 is 1.33 bits per heavy atom. The first kappa shape index (κ1) is 15.3. The van der Waals surface area contributed by atoms with Gasteiger partial charge in [-0.1, -0.05) is 18.2 Å². The Labute approximate surface area is 124 Å². The molecule has 0 bridgehead atoms. The molecule has 1 aromatic carbocycles. The third-order valence-electron chi connectivity index (χ3n) is 3.51. The van der Waals surface area contributed by atoms with Gasteiger partial charge in [-0.15, -0.1) is 0 Å². The molecule has 0 fully saturated rings. The van der Waals surface area contributed by atoms with Gasteiger partial charge in [-0.25, -0.2) is 4.98 Å². The summed E-state index contributed by atoms with van der Waals surface area (Å²) < 4.78 is 10.4. The normalized spacial score (nSPS) is 12.2. The molecule has 1 amide bonds. The number of amides is 1. The molecule has 2 aromatic rings. The van der Waals surface area contributed by atoms with E-state index in [-0.39, 0.29) is 11.9 Å². The van der Waals surface area contributed by atoms with Gasteiger partial charge in [0.05, 0.1) is 19.8 Å². The van der Waals surface area contributed by atoms with Gasteiger partial charge in [-0.2, -0.15) is 0 Å². The van der Waals surface area contributed by atoms with E-state index in [1.807, 2.05) is 31.2 Å². The van der Waals surface area contributed by atoms with Crippen LogP contribution in [0, 0.1) is 0 Å². The summed E-state index contributed by atoms with van der Waals surface area (Å²) in [5, 5.41) is 1.82. The molecule has 1 atom stereocenters. The zero-order valence-corrected chi connectivity index (χ0v) is 12.8. The number of hydrogen-bond acceptors (Lipinski definition) is 4. The van der Waals surface area contributed by atoms with Crippen LogP contribution in [0.25, 0.3) is 10.8 Å². The Morgan fingerprint density at radius 2 is 2.05 bits per heavy atom. The lowest BCUT2D eigenvalue weighted by molar-refractivity contribution is 0.0627. The molecule has 0 saturated carbocycles. The van der Waals surface area contributed by atoms with Crippen molar-refractivity contribution in [2.24, 2.45) is 0 Å². The van der Waals surface area contributed by atoms with Crippen molar-refractivity contribution in [1.82, 2.24) is 9.88 Å². The summed E-state index contributed by atoms with van der Waals surface area (Å²) >= 11 is 0. The molecule has 5 nitrogen and oxygen atoms in total. The van der Waals surface area contributed by atoms with Crippen LogP contribution in [0.2, 0.25) is 0 Å². The number of benzene rings is 1. The van der Waals surface area contributed by atoms with Crippen LogP contribution in [0.4, 0.5) is 0 Å². The molecule has 0 spiro atoms. The Kier molecular flexibility index (Phi) is 4.75. The second-order valence-corrected chi connectivity index (χ2v) is 4.96. The fraction of sp³-hybridized carbons (Fsp3) is 0.375. The van der Waals surface area contributed by atoms with Gasteiger partial charge < -0.3 is 14.4 Å². The highest BCUT2D eigenvalue weighted by Gasteiger charge is 2.20. The van der Waals surface area contributed by atoms with Crippen molar-refractivity contribution >= 4 is 16.7 Å². The summed E-state index contributed by atoms with van der Waals surface area (Å²) in [7, 11) is 4.92. The summed E-state index contributed by atoms with van der Waals surface area (Å²) in [6, 6.07) is 9.47. The number of pyridine rings is 1. The van der Waals surface area contributed by atoms with Crippen LogP contribution in [0.3, 0.4) is 0 Å². The molecule has 112 valence electrons. The standard InChI is InChI=1S/C16H20N2O3/c1-11(10-20-3)18(2)16(19)14-9-12-7-5-6-8-13(12)15(17-14)21-4/h5-9,11H,10H2,1-4H3. The predicted octanol–water partition coefficient (Wildman–Crippen LogP) is 2.35. The minimum atomic E-state index is -0.149. The first-order valence-electron chi connectivity index (χ1n) is 6.78. The van der Waals surface area contributed by atoms with Gasteiger partial charge in [0.25, 0.3) is 5.91 Å². The van der Waals surface area contributed by atoms with Crippen molar-refractivity contribution in [2.45, 2.75) is 13.0 Å². The van der Waals surface area contributed by atoms with E-state index >= 15 is 0 Å². The highest BCUT2D eigenvalue weighted by atomic mass is 16.5. The van der Waals surface area contributed by atoms with Crippen LogP contribution in [-0.4, -0.2) is 49.7 Å². The van der Waals surface area contributed by atoms with E-state index in [1.165, 1.54) is 0 Å². The molecule has 1 unspecified atom stereocenters. The number of carbonyl (C=O) groups is 1. The molecule has 5 heteroatoms. The van der Waals surface area contributed by atoms with Crippen LogP contribution in [0.15, 0.2) is 30.3 Å². The van der Waals surface area contributed by atoms with Gasteiger partial charge in [0.15, 0.2) is 0 Å². The van der Waals surface area contributed by atoms with E-state index in [0.29, 0.717) is 18.2 Å². The molecule has 0 N–H and O–H groups in total. The molecule has 1 heterocycles. The zero-order chi connectivity index (χ0) is 15.4. The van der Waals surface area contributed by atoms with Gasteiger partial charge in [0, 0.05) is 19.5 Å².